The zero-order chi connectivity index (χ0) is 15.8. The van der Waals surface area contributed by atoms with Crippen LogP contribution in [0.3, 0.4) is 0 Å². The lowest BCUT2D eigenvalue weighted by atomic mass is 10.0. The highest BCUT2D eigenvalue weighted by Crippen LogP contribution is 2.35. The van der Waals surface area contributed by atoms with Gasteiger partial charge in [-0.15, -0.1) is 11.3 Å². The van der Waals surface area contributed by atoms with E-state index < -0.39 is 0 Å². The summed E-state index contributed by atoms with van der Waals surface area (Å²) in [5.41, 5.74) is 1.10. The van der Waals surface area contributed by atoms with Crippen molar-refractivity contribution < 1.29 is 0 Å². The molecule has 2 aromatic heterocycles. The molecule has 1 fully saturated rings. The Bertz CT molecular complexity index is 845. The van der Waals surface area contributed by atoms with Gasteiger partial charge < -0.3 is 4.57 Å². The number of aromatic nitrogens is 4. The maximum Gasteiger partial charge on any atom is 0.198 e. The molecule has 0 amide bonds. The van der Waals surface area contributed by atoms with E-state index in [1.54, 1.807) is 6.33 Å². The standard InChI is InChI=1S/C16H19N5S2/c1-19-10-17-21(16(19)22)11-20-9-5-4-7-13(20)15-18-12-6-2-3-8-14(12)23-15/h2-3,6,8,10,13H,4-5,7,9,11H2,1H3. The summed E-state index contributed by atoms with van der Waals surface area (Å²) in [6.45, 7) is 1.80. The van der Waals surface area contributed by atoms with Gasteiger partial charge >= 0.3 is 0 Å². The molecule has 0 spiro atoms. The van der Waals surface area contributed by atoms with E-state index in [4.69, 9.17) is 17.2 Å². The monoisotopic (exact) mass is 345 g/mol. The van der Waals surface area contributed by atoms with Gasteiger partial charge in [0.05, 0.1) is 22.9 Å². The van der Waals surface area contributed by atoms with E-state index in [0.717, 1.165) is 29.9 Å². The van der Waals surface area contributed by atoms with Gasteiger partial charge in [-0.2, -0.15) is 5.10 Å². The Kier molecular flexibility index (Phi) is 4.00. The van der Waals surface area contributed by atoms with Gasteiger partial charge in [-0.3, -0.25) is 4.90 Å². The Hall–Kier alpha value is -1.57. The Morgan fingerprint density at radius 2 is 2.17 bits per heavy atom. The van der Waals surface area contributed by atoms with E-state index in [1.807, 2.05) is 27.6 Å². The predicted octanol–water partition coefficient (Wildman–Crippen LogP) is 3.75. The maximum absolute atomic E-state index is 5.43. The third kappa shape index (κ3) is 2.84. The number of hydrogen-bond donors (Lipinski definition) is 0. The molecule has 1 aromatic carbocycles. The van der Waals surface area contributed by atoms with Crippen molar-refractivity contribution in [3.63, 3.8) is 0 Å². The van der Waals surface area contributed by atoms with Gasteiger partial charge in [0.25, 0.3) is 0 Å². The molecule has 1 aliphatic heterocycles. The highest BCUT2D eigenvalue weighted by Gasteiger charge is 2.27. The Labute approximate surface area is 144 Å². The van der Waals surface area contributed by atoms with Crippen molar-refractivity contribution in [3.8, 4) is 0 Å². The number of benzene rings is 1. The molecule has 23 heavy (non-hydrogen) atoms. The molecule has 1 atom stereocenters. The van der Waals surface area contributed by atoms with Gasteiger partial charge in [-0.25, -0.2) is 9.67 Å². The molecular weight excluding hydrogens is 326 g/mol. The van der Waals surface area contributed by atoms with Crippen LogP contribution in [0.2, 0.25) is 0 Å². The summed E-state index contributed by atoms with van der Waals surface area (Å²) in [6, 6.07) is 8.74. The van der Waals surface area contributed by atoms with E-state index >= 15 is 0 Å². The first kappa shape index (κ1) is 15.0. The Morgan fingerprint density at radius 3 is 2.96 bits per heavy atom. The van der Waals surface area contributed by atoms with E-state index in [2.05, 4.69) is 34.3 Å². The molecule has 0 saturated carbocycles. The molecule has 5 nitrogen and oxygen atoms in total. The van der Waals surface area contributed by atoms with E-state index in [9.17, 15) is 0 Å². The lowest BCUT2D eigenvalue weighted by Crippen LogP contribution is -2.35. The molecule has 1 aliphatic rings. The Balaban J connectivity index is 1.64. The van der Waals surface area contributed by atoms with Crippen LogP contribution < -0.4 is 0 Å². The molecule has 0 aliphatic carbocycles. The average molecular weight is 345 g/mol. The fourth-order valence-electron chi connectivity index (χ4n) is 3.16. The average Bonchev–Trinajstić information content (AvgIpc) is 3.14. The normalized spacial score (nSPS) is 19.4. The molecule has 0 bridgehead atoms. The lowest BCUT2D eigenvalue weighted by Gasteiger charge is -2.34. The number of piperidine rings is 1. The van der Waals surface area contributed by atoms with Crippen LogP contribution in [-0.4, -0.2) is 30.8 Å². The van der Waals surface area contributed by atoms with Gasteiger partial charge in [-0.1, -0.05) is 18.6 Å². The predicted molar refractivity (Wildman–Crippen MR) is 95.0 cm³/mol. The fourth-order valence-corrected chi connectivity index (χ4v) is 4.45. The minimum atomic E-state index is 0.366. The van der Waals surface area contributed by atoms with E-state index in [0.29, 0.717) is 6.04 Å². The van der Waals surface area contributed by atoms with Crippen LogP contribution in [0.1, 0.15) is 30.3 Å². The van der Waals surface area contributed by atoms with Crippen molar-refractivity contribution in [2.24, 2.45) is 7.05 Å². The minimum absolute atomic E-state index is 0.366. The highest BCUT2D eigenvalue weighted by molar-refractivity contribution is 7.71. The zero-order valence-electron chi connectivity index (χ0n) is 13.1. The minimum Gasteiger partial charge on any atom is -0.310 e. The number of likely N-dealkylation sites (tertiary alicyclic amines) is 1. The van der Waals surface area contributed by atoms with Crippen LogP contribution in [0, 0.1) is 4.77 Å². The van der Waals surface area contributed by atoms with Gasteiger partial charge in [0.2, 0.25) is 0 Å². The van der Waals surface area contributed by atoms with E-state index in [1.165, 1.54) is 22.5 Å². The summed E-state index contributed by atoms with van der Waals surface area (Å²) in [5, 5.41) is 5.61. The SMILES string of the molecule is Cn1cnn(CN2CCCCC2c2nc3ccccc3s2)c1=S. The fraction of sp³-hybridized carbons (Fsp3) is 0.438. The summed E-state index contributed by atoms with van der Waals surface area (Å²) in [4.78, 5) is 7.33. The van der Waals surface area contributed by atoms with Gasteiger partial charge in [0.15, 0.2) is 4.77 Å². The highest BCUT2D eigenvalue weighted by atomic mass is 32.1. The summed E-state index contributed by atoms with van der Waals surface area (Å²) in [7, 11) is 1.94. The van der Waals surface area contributed by atoms with Crippen LogP contribution in [0.15, 0.2) is 30.6 Å². The van der Waals surface area contributed by atoms with Gasteiger partial charge in [0.1, 0.15) is 11.3 Å². The van der Waals surface area contributed by atoms with Crippen molar-refractivity contribution >= 4 is 33.8 Å². The van der Waals surface area contributed by atoms with Crippen molar-refractivity contribution in [1.82, 2.24) is 24.2 Å². The molecule has 4 rings (SSSR count). The summed E-state index contributed by atoms with van der Waals surface area (Å²) >= 11 is 7.24. The summed E-state index contributed by atoms with van der Waals surface area (Å²) < 4.78 is 5.81. The summed E-state index contributed by atoms with van der Waals surface area (Å²) in [5.74, 6) is 0. The Morgan fingerprint density at radius 1 is 1.30 bits per heavy atom. The first-order valence-corrected chi connectivity index (χ1v) is 9.13. The quantitative estimate of drug-likeness (QED) is 0.678. The van der Waals surface area contributed by atoms with Crippen molar-refractivity contribution in [2.75, 3.05) is 6.54 Å². The second-order valence-corrected chi connectivity index (χ2v) is 7.44. The van der Waals surface area contributed by atoms with Gasteiger partial charge in [-0.05, 0) is 37.2 Å². The second-order valence-electron chi connectivity index (χ2n) is 6.01. The largest absolute Gasteiger partial charge is 0.310 e. The molecule has 3 aromatic rings. The first-order chi connectivity index (χ1) is 11.2. The molecular formula is C16H19N5S2. The number of aryl methyl sites for hydroxylation is 1. The lowest BCUT2D eigenvalue weighted by molar-refractivity contribution is 0.103. The van der Waals surface area contributed by atoms with Crippen LogP contribution in [0.5, 0.6) is 0 Å². The number of hydrogen-bond acceptors (Lipinski definition) is 5. The topological polar surface area (TPSA) is 38.9 Å². The van der Waals surface area contributed by atoms with Crippen LogP contribution in [0.25, 0.3) is 10.2 Å². The first-order valence-electron chi connectivity index (χ1n) is 7.90. The molecule has 1 saturated heterocycles. The van der Waals surface area contributed by atoms with Gasteiger partial charge in [0, 0.05) is 13.6 Å². The number of thiazole rings is 1. The van der Waals surface area contributed by atoms with Crippen molar-refractivity contribution in [3.05, 3.63) is 40.4 Å². The molecule has 3 heterocycles. The number of nitrogens with zero attached hydrogens (tertiary/aromatic N) is 5. The van der Waals surface area contributed by atoms with Crippen LogP contribution in [0.4, 0.5) is 0 Å². The molecule has 0 radical (unpaired) electrons. The zero-order valence-corrected chi connectivity index (χ0v) is 14.7. The van der Waals surface area contributed by atoms with Crippen LogP contribution in [-0.2, 0) is 13.7 Å². The maximum atomic E-state index is 5.43. The second kappa shape index (κ2) is 6.14. The molecule has 0 N–H and O–H groups in total. The molecule has 1 unspecified atom stereocenters. The van der Waals surface area contributed by atoms with E-state index in [-0.39, 0.29) is 0 Å². The number of para-hydroxylation sites is 1. The van der Waals surface area contributed by atoms with Crippen molar-refractivity contribution in [1.29, 1.82) is 0 Å². The number of rotatable bonds is 3. The summed E-state index contributed by atoms with van der Waals surface area (Å²) in [6.07, 6.45) is 5.41. The van der Waals surface area contributed by atoms with Crippen molar-refractivity contribution in [2.45, 2.75) is 32.0 Å². The third-order valence-electron chi connectivity index (χ3n) is 4.41. The molecule has 7 heteroatoms. The smallest absolute Gasteiger partial charge is 0.198 e. The van der Waals surface area contributed by atoms with Crippen LogP contribution >= 0.6 is 23.6 Å². The number of fused-ring (bicyclic) bond motifs is 1. The third-order valence-corrected chi connectivity index (χ3v) is 6.05. The molecule has 120 valence electrons.